The molecule has 1 fully saturated rings. The maximum absolute atomic E-state index is 12.3. The van der Waals surface area contributed by atoms with E-state index in [1.165, 1.54) is 19.3 Å². The van der Waals surface area contributed by atoms with Gasteiger partial charge in [0.2, 0.25) is 0 Å². The number of nitrogens with two attached hydrogens (primary N) is 1. The zero-order valence-electron chi connectivity index (χ0n) is 10.6. The minimum atomic E-state index is 0.0367. The van der Waals surface area contributed by atoms with E-state index >= 15 is 0 Å². The molecule has 1 aromatic rings. The molecular weight excluding hydrogens is 246 g/mol. The molecule has 0 heterocycles. The monoisotopic (exact) mass is 265 g/mol. The van der Waals surface area contributed by atoms with Crippen LogP contribution in [0.25, 0.3) is 0 Å². The van der Waals surface area contributed by atoms with Crippen LogP contribution in [0.4, 0.5) is 0 Å². The smallest absolute Gasteiger partial charge is 0.163 e. The first-order chi connectivity index (χ1) is 8.65. The average molecular weight is 266 g/mol. The normalized spacial score (nSPS) is 18.6. The van der Waals surface area contributed by atoms with E-state index in [1.807, 2.05) is 0 Å². The van der Waals surface area contributed by atoms with Crippen LogP contribution >= 0.6 is 11.6 Å². The van der Waals surface area contributed by atoms with Gasteiger partial charge in [-0.3, -0.25) is 4.79 Å². The van der Waals surface area contributed by atoms with Gasteiger partial charge in [-0.1, -0.05) is 30.9 Å². The highest BCUT2D eigenvalue weighted by atomic mass is 35.5. The summed E-state index contributed by atoms with van der Waals surface area (Å²) >= 11 is 5.83. The lowest BCUT2D eigenvalue weighted by molar-refractivity contribution is 0.0868. The lowest BCUT2D eigenvalue weighted by Crippen LogP contribution is -2.35. The maximum Gasteiger partial charge on any atom is 0.163 e. The molecule has 1 aromatic carbocycles. The van der Waals surface area contributed by atoms with E-state index in [4.69, 9.17) is 17.3 Å². The Labute approximate surface area is 114 Å². The molecule has 0 spiro atoms. The average Bonchev–Trinajstić information content (AvgIpc) is 2.40. The molecule has 0 amide bonds. The van der Waals surface area contributed by atoms with Gasteiger partial charge in [-0.15, -0.1) is 0 Å². The molecule has 1 aliphatic carbocycles. The summed E-state index contributed by atoms with van der Waals surface area (Å²) in [4.78, 5) is 12.3. The first kappa shape index (κ1) is 13.6. The standard InChI is InChI=1S/C15H20ClNO/c16-13-6-4-12(5-7-13)14(18)10-15(11-17)8-2-1-3-9-15/h4-7H,1-3,8-11,17H2. The zero-order chi connectivity index (χ0) is 13.0. The molecule has 0 bridgehead atoms. The van der Waals surface area contributed by atoms with Crippen molar-refractivity contribution in [2.24, 2.45) is 11.1 Å². The fourth-order valence-electron chi connectivity index (χ4n) is 2.83. The van der Waals surface area contributed by atoms with Crippen molar-refractivity contribution in [1.29, 1.82) is 0 Å². The Morgan fingerprint density at radius 1 is 1.17 bits per heavy atom. The lowest BCUT2D eigenvalue weighted by atomic mass is 9.70. The number of carbonyl (C=O) groups is 1. The molecule has 98 valence electrons. The summed E-state index contributed by atoms with van der Waals surface area (Å²) in [6.45, 7) is 0.617. The predicted molar refractivity (Wildman–Crippen MR) is 75.0 cm³/mol. The van der Waals surface area contributed by atoms with Gasteiger partial charge >= 0.3 is 0 Å². The largest absolute Gasteiger partial charge is 0.330 e. The molecule has 1 aliphatic rings. The number of hydrogen-bond acceptors (Lipinski definition) is 2. The van der Waals surface area contributed by atoms with Crippen LogP contribution in [0.1, 0.15) is 48.9 Å². The Balaban J connectivity index is 2.07. The number of rotatable bonds is 4. The van der Waals surface area contributed by atoms with E-state index < -0.39 is 0 Å². The summed E-state index contributed by atoms with van der Waals surface area (Å²) in [5, 5.41) is 0.665. The highest BCUT2D eigenvalue weighted by Gasteiger charge is 2.33. The quantitative estimate of drug-likeness (QED) is 0.841. The molecule has 3 heteroatoms. The van der Waals surface area contributed by atoms with E-state index in [-0.39, 0.29) is 11.2 Å². The van der Waals surface area contributed by atoms with Crippen LogP contribution in [0.3, 0.4) is 0 Å². The van der Waals surface area contributed by atoms with Crippen LogP contribution in [0.5, 0.6) is 0 Å². The van der Waals surface area contributed by atoms with Gasteiger partial charge in [0.15, 0.2) is 5.78 Å². The first-order valence-electron chi connectivity index (χ1n) is 6.64. The fraction of sp³-hybridized carbons (Fsp3) is 0.533. The van der Waals surface area contributed by atoms with Crippen LogP contribution in [-0.4, -0.2) is 12.3 Å². The minimum Gasteiger partial charge on any atom is -0.330 e. The second kappa shape index (κ2) is 5.85. The molecular formula is C15H20ClNO. The SMILES string of the molecule is NCC1(CC(=O)c2ccc(Cl)cc2)CCCCC1. The first-order valence-corrected chi connectivity index (χ1v) is 7.02. The van der Waals surface area contributed by atoms with E-state index in [1.54, 1.807) is 24.3 Å². The van der Waals surface area contributed by atoms with Crippen molar-refractivity contribution in [1.82, 2.24) is 0 Å². The van der Waals surface area contributed by atoms with Gasteiger partial charge < -0.3 is 5.73 Å². The fourth-order valence-corrected chi connectivity index (χ4v) is 2.96. The van der Waals surface area contributed by atoms with Gasteiger partial charge in [-0.25, -0.2) is 0 Å². The number of carbonyl (C=O) groups excluding carboxylic acids is 1. The number of benzene rings is 1. The van der Waals surface area contributed by atoms with E-state index in [9.17, 15) is 4.79 Å². The summed E-state index contributed by atoms with van der Waals surface area (Å²) in [6.07, 6.45) is 6.42. The van der Waals surface area contributed by atoms with Gasteiger partial charge in [-0.2, -0.15) is 0 Å². The summed E-state index contributed by atoms with van der Waals surface area (Å²) < 4.78 is 0. The van der Waals surface area contributed by atoms with Crippen molar-refractivity contribution < 1.29 is 4.79 Å². The van der Waals surface area contributed by atoms with Crippen molar-refractivity contribution in [2.75, 3.05) is 6.54 Å². The van der Waals surface area contributed by atoms with Crippen LogP contribution in [-0.2, 0) is 0 Å². The van der Waals surface area contributed by atoms with Gasteiger partial charge in [0.1, 0.15) is 0 Å². The highest BCUT2D eigenvalue weighted by Crippen LogP contribution is 2.39. The predicted octanol–water partition coefficient (Wildman–Crippen LogP) is 3.82. The summed E-state index contributed by atoms with van der Waals surface area (Å²) in [7, 11) is 0. The Hall–Kier alpha value is -0.860. The van der Waals surface area contributed by atoms with Crippen molar-refractivity contribution in [2.45, 2.75) is 38.5 Å². The van der Waals surface area contributed by atoms with Crippen molar-refractivity contribution in [3.05, 3.63) is 34.9 Å². The molecule has 0 unspecified atom stereocenters. The topological polar surface area (TPSA) is 43.1 Å². The van der Waals surface area contributed by atoms with Crippen LogP contribution < -0.4 is 5.73 Å². The summed E-state index contributed by atoms with van der Waals surface area (Å²) in [6, 6.07) is 7.14. The van der Waals surface area contributed by atoms with Gasteiger partial charge in [0, 0.05) is 17.0 Å². The Morgan fingerprint density at radius 2 is 1.78 bits per heavy atom. The Morgan fingerprint density at radius 3 is 2.33 bits per heavy atom. The summed E-state index contributed by atoms with van der Waals surface area (Å²) in [5.74, 6) is 0.194. The number of Topliss-reactive ketones (excluding diaryl/α,β-unsaturated/α-hetero) is 1. The zero-order valence-corrected chi connectivity index (χ0v) is 11.4. The van der Waals surface area contributed by atoms with Crippen molar-refractivity contribution >= 4 is 17.4 Å². The Kier molecular flexibility index (Phi) is 4.41. The Bertz CT molecular complexity index is 407. The van der Waals surface area contributed by atoms with Crippen molar-refractivity contribution in [3.63, 3.8) is 0 Å². The molecule has 2 N–H and O–H groups in total. The second-order valence-electron chi connectivity index (χ2n) is 5.37. The molecule has 0 aromatic heterocycles. The minimum absolute atomic E-state index is 0.0367. The van der Waals surface area contributed by atoms with Crippen LogP contribution in [0, 0.1) is 5.41 Å². The van der Waals surface area contributed by atoms with Crippen molar-refractivity contribution in [3.8, 4) is 0 Å². The lowest BCUT2D eigenvalue weighted by Gasteiger charge is -2.35. The molecule has 0 radical (unpaired) electrons. The third kappa shape index (κ3) is 3.12. The van der Waals surface area contributed by atoms with Gasteiger partial charge in [-0.05, 0) is 49.1 Å². The summed E-state index contributed by atoms with van der Waals surface area (Å²) in [5.41, 5.74) is 6.70. The third-order valence-electron chi connectivity index (χ3n) is 4.05. The van der Waals surface area contributed by atoms with Gasteiger partial charge in [0.05, 0.1) is 0 Å². The molecule has 2 rings (SSSR count). The van der Waals surface area contributed by atoms with E-state index in [2.05, 4.69) is 0 Å². The molecule has 1 saturated carbocycles. The van der Waals surface area contributed by atoms with Crippen LogP contribution in [0.2, 0.25) is 5.02 Å². The molecule has 2 nitrogen and oxygen atoms in total. The van der Waals surface area contributed by atoms with Gasteiger partial charge in [0.25, 0.3) is 0 Å². The number of halogens is 1. The molecule has 0 saturated heterocycles. The molecule has 0 atom stereocenters. The maximum atomic E-state index is 12.3. The van der Waals surface area contributed by atoms with E-state index in [0.717, 1.165) is 18.4 Å². The number of hydrogen-bond donors (Lipinski definition) is 1. The molecule has 0 aliphatic heterocycles. The molecule has 18 heavy (non-hydrogen) atoms. The number of ketones is 1. The second-order valence-corrected chi connectivity index (χ2v) is 5.81. The van der Waals surface area contributed by atoms with Crippen LogP contribution in [0.15, 0.2) is 24.3 Å². The van der Waals surface area contributed by atoms with E-state index in [0.29, 0.717) is 18.0 Å². The highest BCUT2D eigenvalue weighted by molar-refractivity contribution is 6.30. The third-order valence-corrected chi connectivity index (χ3v) is 4.30.